The topological polar surface area (TPSA) is 58.6 Å². The molecule has 4 nitrogen and oxygen atoms in total. The van der Waals surface area contributed by atoms with Crippen molar-refractivity contribution in [1.82, 2.24) is 5.32 Å². The molecule has 1 amide bonds. The lowest BCUT2D eigenvalue weighted by Crippen LogP contribution is -2.13. The van der Waals surface area contributed by atoms with Gasteiger partial charge in [0.2, 0.25) is 5.91 Å². The molecule has 4 heteroatoms. The maximum Gasteiger partial charge on any atom is 0.220 e. The number of phenolic OH excluding ortho intramolecular Hbond substituents is 1. The minimum absolute atomic E-state index is 0.0760. The molecule has 0 aliphatic carbocycles. The highest BCUT2D eigenvalue weighted by atomic mass is 16.5. The number of nitrogens with one attached hydrogen (secondary N) is 1. The van der Waals surface area contributed by atoms with Crippen LogP contribution in [-0.2, 0) is 4.79 Å². The van der Waals surface area contributed by atoms with Crippen LogP contribution in [0.3, 0.4) is 0 Å². The van der Waals surface area contributed by atoms with E-state index in [0.29, 0.717) is 18.7 Å². The molecule has 1 aromatic rings. The molecule has 2 N–H and O–H groups in total. The van der Waals surface area contributed by atoms with E-state index in [9.17, 15) is 9.90 Å². The Morgan fingerprint density at radius 1 is 1.53 bits per heavy atom. The van der Waals surface area contributed by atoms with Crippen LogP contribution in [-0.4, -0.2) is 24.7 Å². The molecule has 0 saturated carbocycles. The third kappa shape index (κ3) is 1.88. The molecular formula is C11H13NO3. The Bertz CT molecular complexity index is 389. The molecule has 1 aliphatic heterocycles. The molecule has 1 atom stereocenters. The number of hydrogen-bond acceptors (Lipinski definition) is 3. The zero-order chi connectivity index (χ0) is 10.8. The van der Waals surface area contributed by atoms with E-state index in [2.05, 4.69) is 5.32 Å². The first-order chi connectivity index (χ1) is 7.20. The van der Waals surface area contributed by atoms with E-state index in [-0.39, 0.29) is 17.6 Å². The molecule has 1 aromatic carbocycles. The maximum atomic E-state index is 11.1. The molecule has 0 bridgehead atoms. The quantitative estimate of drug-likeness (QED) is 0.760. The molecule has 0 aromatic heterocycles. The first-order valence-corrected chi connectivity index (χ1v) is 4.84. The van der Waals surface area contributed by atoms with Gasteiger partial charge >= 0.3 is 0 Å². The predicted octanol–water partition coefficient (Wildman–Crippen LogP) is 1.00. The number of carbonyl (C=O) groups is 1. The van der Waals surface area contributed by atoms with Crippen molar-refractivity contribution in [2.24, 2.45) is 0 Å². The molecule has 1 aliphatic rings. The smallest absolute Gasteiger partial charge is 0.220 e. The van der Waals surface area contributed by atoms with Gasteiger partial charge in [0.1, 0.15) is 0 Å². The number of carbonyl (C=O) groups excluding carboxylic acids is 1. The van der Waals surface area contributed by atoms with Gasteiger partial charge in [-0.25, -0.2) is 0 Å². The van der Waals surface area contributed by atoms with Crippen molar-refractivity contribution >= 4 is 5.91 Å². The number of aromatic hydroxyl groups is 1. The van der Waals surface area contributed by atoms with Crippen LogP contribution in [0.4, 0.5) is 0 Å². The summed E-state index contributed by atoms with van der Waals surface area (Å²) in [5, 5.41) is 12.2. The fraction of sp³-hybridized carbons (Fsp3) is 0.364. The second-order valence-corrected chi connectivity index (χ2v) is 3.64. The molecule has 0 unspecified atom stereocenters. The largest absolute Gasteiger partial charge is 0.504 e. The lowest BCUT2D eigenvalue weighted by molar-refractivity contribution is -0.119. The van der Waals surface area contributed by atoms with Crippen LogP contribution in [0.25, 0.3) is 0 Å². The van der Waals surface area contributed by atoms with Crippen LogP contribution in [0.5, 0.6) is 11.5 Å². The van der Waals surface area contributed by atoms with E-state index in [4.69, 9.17) is 4.74 Å². The monoisotopic (exact) mass is 207 g/mol. The van der Waals surface area contributed by atoms with Crippen molar-refractivity contribution in [3.05, 3.63) is 23.8 Å². The van der Waals surface area contributed by atoms with Gasteiger partial charge in [0, 0.05) is 18.9 Å². The standard InChI is InChI=1S/C11H13NO3/c1-15-10-4-7(2-3-9(10)13)8-5-11(14)12-6-8/h2-4,8,13H,5-6H2,1H3,(H,12,14)/t8-/m0/s1. The highest BCUT2D eigenvalue weighted by molar-refractivity contribution is 5.79. The fourth-order valence-corrected chi connectivity index (χ4v) is 1.79. The second kappa shape index (κ2) is 3.81. The Hall–Kier alpha value is -1.71. The summed E-state index contributed by atoms with van der Waals surface area (Å²) in [5.41, 5.74) is 1.02. The predicted molar refractivity (Wildman–Crippen MR) is 55.0 cm³/mol. The summed E-state index contributed by atoms with van der Waals surface area (Å²) in [6.07, 6.45) is 0.508. The Labute approximate surface area is 87.9 Å². The van der Waals surface area contributed by atoms with Gasteiger partial charge in [-0.15, -0.1) is 0 Å². The first-order valence-electron chi connectivity index (χ1n) is 4.84. The number of methoxy groups -OCH3 is 1. The Kier molecular flexibility index (Phi) is 2.49. The summed E-state index contributed by atoms with van der Waals surface area (Å²) in [4.78, 5) is 11.1. The molecule has 0 radical (unpaired) electrons. The highest BCUT2D eigenvalue weighted by Gasteiger charge is 2.23. The SMILES string of the molecule is COc1cc([C@@H]2CNC(=O)C2)ccc1O. The van der Waals surface area contributed by atoms with E-state index >= 15 is 0 Å². The van der Waals surface area contributed by atoms with E-state index in [0.717, 1.165) is 5.56 Å². The zero-order valence-corrected chi connectivity index (χ0v) is 8.49. The highest BCUT2D eigenvalue weighted by Crippen LogP contribution is 2.31. The van der Waals surface area contributed by atoms with Crippen LogP contribution < -0.4 is 10.1 Å². The molecule has 1 heterocycles. The minimum Gasteiger partial charge on any atom is -0.504 e. The fourth-order valence-electron chi connectivity index (χ4n) is 1.79. The van der Waals surface area contributed by atoms with Gasteiger partial charge in [0.05, 0.1) is 7.11 Å². The summed E-state index contributed by atoms with van der Waals surface area (Å²) >= 11 is 0. The van der Waals surface area contributed by atoms with E-state index in [1.165, 1.54) is 7.11 Å². The van der Waals surface area contributed by atoms with Crippen molar-refractivity contribution in [3.8, 4) is 11.5 Å². The normalized spacial score (nSPS) is 20.1. The maximum absolute atomic E-state index is 11.1. The lowest BCUT2D eigenvalue weighted by Gasteiger charge is -2.10. The van der Waals surface area contributed by atoms with Gasteiger partial charge < -0.3 is 15.2 Å². The Morgan fingerprint density at radius 2 is 2.33 bits per heavy atom. The van der Waals surface area contributed by atoms with Gasteiger partial charge in [-0.1, -0.05) is 6.07 Å². The van der Waals surface area contributed by atoms with Gasteiger partial charge in [-0.3, -0.25) is 4.79 Å². The number of hydrogen-bond donors (Lipinski definition) is 2. The van der Waals surface area contributed by atoms with E-state index in [1.807, 2.05) is 6.07 Å². The molecule has 0 spiro atoms. The second-order valence-electron chi connectivity index (χ2n) is 3.64. The van der Waals surface area contributed by atoms with Crippen molar-refractivity contribution in [2.45, 2.75) is 12.3 Å². The third-order valence-electron chi connectivity index (χ3n) is 2.65. The number of benzene rings is 1. The van der Waals surface area contributed by atoms with Crippen molar-refractivity contribution in [2.75, 3.05) is 13.7 Å². The average molecular weight is 207 g/mol. The Balaban J connectivity index is 2.25. The van der Waals surface area contributed by atoms with Gasteiger partial charge in [0.25, 0.3) is 0 Å². The number of rotatable bonds is 2. The summed E-state index contributed by atoms with van der Waals surface area (Å²) in [6, 6.07) is 5.19. The minimum atomic E-state index is 0.0760. The molecule has 15 heavy (non-hydrogen) atoms. The van der Waals surface area contributed by atoms with E-state index < -0.39 is 0 Å². The van der Waals surface area contributed by atoms with Gasteiger partial charge in [0.15, 0.2) is 11.5 Å². The average Bonchev–Trinajstić information content (AvgIpc) is 2.66. The van der Waals surface area contributed by atoms with Gasteiger partial charge in [-0.2, -0.15) is 0 Å². The van der Waals surface area contributed by atoms with Crippen molar-refractivity contribution in [3.63, 3.8) is 0 Å². The number of amides is 1. The van der Waals surface area contributed by atoms with Crippen molar-refractivity contribution < 1.29 is 14.6 Å². The molecule has 2 rings (SSSR count). The van der Waals surface area contributed by atoms with Crippen LogP contribution >= 0.6 is 0 Å². The van der Waals surface area contributed by atoms with Crippen LogP contribution in [0.15, 0.2) is 18.2 Å². The summed E-state index contributed by atoms with van der Waals surface area (Å²) in [5.74, 6) is 0.837. The molecule has 1 fully saturated rings. The molecular weight excluding hydrogens is 194 g/mol. The van der Waals surface area contributed by atoms with Gasteiger partial charge in [-0.05, 0) is 17.7 Å². The van der Waals surface area contributed by atoms with Crippen LogP contribution in [0.1, 0.15) is 17.9 Å². The molecule has 80 valence electrons. The molecule has 1 saturated heterocycles. The number of ether oxygens (including phenoxy) is 1. The zero-order valence-electron chi connectivity index (χ0n) is 8.49. The lowest BCUT2D eigenvalue weighted by atomic mass is 9.98. The summed E-state index contributed by atoms with van der Waals surface area (Å²) < 4.78 is 5.02. The Morgan fingerprint density at radius 3 is 2.93 bits per heavy atom. The summed E-state index contributed by atoms with van der Waals surface area (Å²) in [7, 11) is 1.51. The van der Waals surface area contributed by atoms with Crippen molar-refractivity contribution in [1.29, 1.82) is 0 Å². The van der Waals surface area contributed by atoms with Crippen LogP contribution in [0.2, 0.25) is 0 Å². The first kappa shape index (κ1) is 9.83. The van der Waals surface area contributed by atoms with E-state index in [1.54, 1.807) is 12.1 Å². The van der Waals surface area contributed by atoms with Crippen LogP contribution in [0, 0.1) is 0 Å². The summed E-state index contributed by atoms with van der Waals surface area (Å²) in [6.45, 7) is 0.659. The third-order valence-corrected chi connectivity index (χ3v) is 2.65. The number of phenols is 1.